The van der Waals surface area contributed by atoms with Crippen LogP contribution in [0.4, 0.5) is 0 Å². The molecule has 0 saturated carbocycles. The maximum atomic E-state index is 9.79. The first-order chi connectivity index (χ1) is 8.26. The number of aliphatic hydroxyl groups is 1. The highest BCUT2D eigenvalue weighted by Gasteiger charge is 2.28. The van der Waals surface area contributed by atoms with Gasteiger partial charge in [-0.1, -0.05) is 6.07 Å². The third kappa shape index (κ3) is 2.53. The summed E-state index contributed by atoms with van der Waals surface area (Å²) in [5.41, 5.74) is 1.03. The highest BCUT2D eigenvalue weighted by Crippen LogP contribution is 2.33. The lowest BCUT2D eigenvalue weighted by Gasteiger charge is -2.16. The predicted molar refractivity (Wildman–Crippen MR) is 63.7 cm³/mol. The Morgan fingerprint density at radius 3 is 2.76 bits per heavy atom. The van der Waals surface area contributed by atoms with Crippen LogP contribution in [0.15, 0.2) is 18.2 Å². The van der Waals surface area contributed by atoms with E-state index >= 15 is 0 Å². The van der Waals surface area contributed by atoms with Crippen molar-refractivity contribution in [3.63, 3.8) is 0 Å². The Labute approximate surface area is 101 Å². The van der Waals surface area contributed by atoms with E-state index in [0.717, 1.165) is 5.56 Å². The lowest BCUT2D eigenvalue weighted by Crippen LogP contribution is -2.15. The third-order valence-corrected chi connectivity index (χ3v) is 2.97. The van der Waals surface area contributed by atoms with Crippen molar-refractivity contribution in [2.45, 2.75) is 18.9 Å². The van der Waals surface area contributed by atoms with Gasteiger partial charge in [-0.05, 0) is 24.6 Å². The highest BCUT2D eigenvalue weighted by molar-refractivity contribution is 5.44. The molecule has 0 aromatic heterocycles. The molecule has 94 valence electrons. The van der Waals surface area contributed by atoms with Crippen LogP contribution in [0, 0.1) is 0 Å². The monoisotopic (exact) mass is 238 g/mol. The fraction of sp³-hybridized carbons (Fsp3) is 0.538. The number of hydrogen-bond acceptors (Lipinski definition) is 4. The van der Waals surface area contributed by atoms with E-state index < -0.39 is 6.10 Å². The van der Waals surface area contributed by atoms with Gasteiger partial charge in [-0.15, -0.1) is 0 Å². The molecule has 2 rings (SSSR count). The van der Waals surface area contributed by atoms with Crippen LogP contribution in [0.1, 0.15) is 18.4 Å². The van der Waals surface area contributed by atoms with Gasteiger partial charge < -0.3 is 19.3 Å². The Morgan fingerprint density at radius 2 is 2.18 bits per heavy atom. The molecule has 1 aromatic rings. The highest BCUT2D eigenvalue weighted by atomic mass is 16.5. The molecule has 2 atom stereocenters. The van der Waals surface area contributed by atoms with Crippen LogP contribution in [-0.2, 0) is 4.74 Å². The maximum absolute atomic E-state index is 9.79. The largest absolute Gasteiger partial charge is 0.493 e. The van der Waals surface area contributed by atoms with Crippen molar-refractivity contribution in [3.8, 4) is 11.5 Å². The Balaban J connectivity index is 2.26. The molecule has 1 saturated heterocycles. The first kappa shape index (κ1) is 12.2. The Hall–Kier alpha value is -1.26. The molecule has 0 bridgehead atoms. The Bertz CT molecular complexity index is 378. The molecule has 1 fully saturated rings. The first-order valence-corrected chi connectivity index (χ1v) is 5.82. The Morgan fingerprint density at radius 1 is 1.35 bits per heavy atom. The third-order valence-electron chi connectivity index (χ3n) is 2.97. The molecule has 0 unspecified atom stereocenters. The van der Waals surface area contributed by atoms with Gasteiger partial charge >= 0.3 is 0 Å². The van der Waals surface area contributed by atoms with E-state index in [4.69, 9.17) is 14.2 Å². The minimum Gasteiger partial charge on any atom is -0.493 e. The molecular weight excluding hydrogens is 220 g/mol. The minimum atomic E-state index is -0.433. The van der Waals surface area contributed by atoms with Crippen molar-refractivity contribution >= 4 is 0 Å². The van der Waals surface area contributed by atoms with Gasteiger partial charge in [0.1, 0.15) is 0 Å². The van der Waals surface area contributed by atoms with Gasteiger partial charge in [-0.2, -0.15) is 0 Å². The van der Waals surface area contributed by atoms with E-state index in [-0.39, 0.29) is 5.92 Å². The number of hydrogen-bond donors (Lipinski definition) is 1. The van der Waals surface area contributed by atoms with Crippen molar-refractivity contribution in [1.29, 1.82) is 0 Å². The van der Waals surface area contributed by atoms with Crippen molar-refractivity contribution in [2.24, 2.45) is 0 Å². The summed E-state index contributed by atoms with van der Waals surface area (Å²) < 4.78 is 16.0. The van der Waals surface area contributed by atoms with E-state index in [1.807, 2.05) is 25.1 Å². The van der Waals surface area contributed by atoms with Crippen LogP contribution in [0.2, 0.25) is 0 Å². The fourth-order valence-electron chi connectivity index (χ4n) is 2.05. The molecule has 0 aliphatic carbocycles. The van der Waals surface area contributed by atoms with E-state index in [0.29, 0.717) is 31.3 Å². The smallest absolute Gasteiger partial charge is 0.161 e. The lowest BCUT2D eigenvalue weighted by atomic mass is 9.96. The van der Waals surface area contributed by atoms with Crippen molar-refractivity contribution < 1.29 is 19.3 Å². The zero-order valence-corrected chi connectivity index (χ0v) is 10.2. The fourth-order valence-corrected chi connectivity index (χ4v) is 2.05. The molecule has 1 heterocycles. The summed E-state index contributed by atoms with van der Waals surface area (Å²) in [7, 11) is 1.62. The van der Waals surface area contributed by atoms with Crippen LogP contribution >= 0.6 is 0 Å². The summed E-state index contributed by atoms with van der Waals surface area (Å²) in [6.07, 6.45) is -0.433. The van der Waals surface area contributed by atoms with Crippen LogP contribution < -0.4 is 9.47 Å². The average molecular weight is 238 g/mol. The van der Waals surface area contributed by atoms with Crippen molar-refractivity contribution in [2.75, 3.05) is 26.9 Å². The molecular formula is C13H18O4. The average Bonchev–Trinajstić information content (AvgIpc) is 2.76. The topological polar surface area (TPSA) is 47.9 Å². The molecule has 1 aliphatic heterocycles. The van der Waals surface area contributed by atoms with Crippen LogP contribution in [0.5, 0.6) is 11.5 Å². The number of ether oxygens (including phenoxy) is 3. The minimum absolute atomic E-state index is 0.0279. The van der Waals surface area contributed by atoms with Gasteiger partial charge in [-0.3, -0.25) is 0 Å². The maximum Gasteiger partial charge on any atom is 0.161 e. The summed E-state index contributed by atoms with van der Waals surface area (Å²) in [6.45, 7) is 3.48. The lowest BCUT2D eigenvalue weighted by molar-refractivity contribution is 0.124. The SMILES string of the molecule is CCOc1cc([C@H]2COC[C@@H]2O)ccc1OC. The summed E-state index contributed by atoms with van der Waals surface area (Å²) in [5.74, 6) is 1.45. The second-order valence-electron chi connectivity index (χ2n) is 4.05. The standard InChI is InChI=1S/C13H18O4/c1-3-17-13-6-9(4-5-12(13)15-2)10-7-16-8-11(10)14/h4-6,10-11,14H,3,7-8H2,1-2H3/t10-,11+/m1/s1. The molecule has 1 aromatic carbocycles. The molecule has 1 N–H and O–H groups in total. The second-order valence-corrected chi connectivity index (χ2v) is 4.05. The van der Waals surface area contributed by atoms with Gasteiger partial charge in [0.2, 0.25) is 0 Å². The number of methoxy groups -OCH3 is 1. The van der Waals surface area contributed by atoms with Crippen LogP contribution in [-0.4, -0.2) is 38.1 Å². The second kappa shape index (κ2) is 5.38. The quantitative estimate of drug-likeness (QED) is 0.865. The van der Waals surface area contributed by atoms with E-state index in [9.17, 15) is 5.11 Å². The predicted octanol–water partition coefficient (Wildman–Crippen LogP) is 1.57. The summed E-state index contributed by atoms with van der Waals surface area (Å²) in [5, 5.41) is 9.79. The van der Waals surface area contributed by atoms with Crippen LogP contribution in [0.3, 0.4) is 0 Å². The molecule has 4 heteroatoms. The number of rotatable bonds is 4. The van der Waals surface area contributed by atoms with E-state index in [2.05, 4.69) is 0 Å². The molecule has 1 aliphatic rings. The van der Waals surface area contributed by atoms with Crippen LogP contribution in [0.25, 0.3) is 0 Å². The van der Waals surface area contributed by atoms with Gasteiger partial charge in [0.05, 0.1) is 33.0 Å². The van der Waals surface area contributed by atoms with Gasteiger partial charge in [-0.25, -0.2) is 0 Å². The molecule has 4 nitrogen and oxygen atoms in total. The molecule has 17 heavy (non-hydrogen) atoms. The number of aliphatic hydroxyl groups excluding tert-OH is 1. The van der Waals surface area contributed by atoms with Crippen molar-refractivity contribution in [1.82, 2.24) is 0 Å². The van der Waals surface area contributed by atoms with Crippen molar-refractivity contribution in [3.05, 3.63) is 23.8 Å². The van der Waals surface area contributed by atoms with E-state index in [1.54, 1.807) is 7.11 Å². The summed E-state index contributed by atoms with van der Waals surface area (Å²) in [4.78, 5) is 0. The van der Waals surface area contributed by atoms with Gasteiger partial charge in [0.15, 0.2) is 11.5 Å². The molecule has 0 amide bonds. The number of benzene rings is 1. The molecule has 0 spiro atoms. The summed E-state index contributed by atoms with van der Waals surface area (Å²) in [6, 6.07) is 5.74. The van der Waals surface area contributed by atoms with Gasteiger partial charge in [0.25, 0.3) is 0 Å². The summed E-state index contributed by atoms with van der Waals surface area (Å²) >= 11 is 0. The zero-order chi connectivity index (χ0) is 12.3. The molecule has 0 radical (unpaired) electrons. The first-order valence-electron chi connectivity index (χ1n) is 5.82. The normalized spacial score (nSPS) is 23.7. The Kier molecular flexibility index (Phi) is 3.86. The van der Waals surface area contributed by atoms with Gasteiger partial charge in [0, 0.05) is 5.92 Å². The zero-order valence-electron chi connectivity index (χ0n) is 10.2. The van der Waals surface area contributed by atoms with E-state index in [1.165, 1.54) is 0 Å².